The fourth-order valence-electron chi connectivity index (χ4n) is 3.00. The molecule has 94 valence electrons. The molecule has 4 heteroatoms. The lowest BCUT2D eigenvalue weighted by molar-refractivity contribution is 0.425. The van der Waals surface area contributed by atoms with Crippen LogP contribution >= 0.6 is 0 Å². The summed E-state index contributed by atoms with van der Waals surface area (Å²) in [5, 5.41) is 12.5. The second kappa shape index (κ2) is 5.03. The Morgan fingerprint density at radius 1 is 1.17 bits per heavy atom. The molecule has 1 aromatic heterocycles. The molecule has 1 fully saturated rings. The average Bonchev–Trinajstić information content (AvgIpc) is 2.47. The highest BCUT2D eigenvalue weighted by Gasteiger charge is 2.23. The molecule has 0 amide bonds. The summed E-state index contributed by atoms with van der Waals surface area (Å²) in [4.78, 5) is 9.26. The highest BCUT2D eigenvalue weighted by molar-refractivity contribution is 5.36. The van der Waals surface area contributed by atoms with Gasteiger partial charge in [0.05, 0.1) is 5.69 Å². The predicted octanol–water partition coefficient (Wildman–Crippen LogP) is 2.04. The van der Waals surface area contributed by atoms with Gasteiger partial charge in [-0.25, -0.2) is 9.97 Å². The third kappa shape index (κ3) is 2.11. The molecule has 1 aliphatic heterocycles. The van der Waals surface area contributed by atoms with Gasteiger partial charge in [0, 0.05) is 31.0 Å². The predicted molar refractivity (Wildman–Crippen MR) is 68.0 cm³/mol. The maximum absolute atomic E-state index is 9.25. The van der Waals surface area contributed by atoms with Crippen molar-refractivity contribution in [2.45, 2.75) is 51.0 Å². The Balaban J connectivity index is 1.98. The van der Waals surface area contributed by atoms with E-state index >= 15 is 0 Å². The number of hydrogen-bond donors (Lipinski definition) is 1. The third-order valence-corrected chi connectivity index (χ3v) is 4.03. The fourth-order valence-corrected chi connectivity index (χ4v) is 3.00. The lowest BCUT2D eigenvalue weighted by atomic mass is 9.88. The van der Waals surface area contributed by atoms with E-state index in [9.17, 15) is 5.26 Å². The van der Waals surface area contributed by atoms with Crippen molar-refractivity contribution >= 4 is 0 Å². The zero-order valence-corrected chi connectivity index (χ0v) is 10.6. The van der Waals surface area contributed by atoms with Crippen molar-refractivity contribution in [1.29, 1.82) is 5.26 Å². The number of fused-ring (bicyclic) bond motifs is 1. The highest BCUT2D eigenvalue weighted by atomic mass is 15.0. The van der Waals surface area contributed by atoms with Crippen LogP contribution in [0.4, 0.5) is 0 Å². The standard InChI is InChI=1S/C14H18N4/c15-8-13-11-9-16-7-6-12(11)17-14(18-13)10-4-2-1-3-5-10/h10,16H,1-7,9H2. The van der Waals surface area contributed by atoms with E-state index in [1.165, 1.54) is 32.1 Å². The third-order valence-electron chi connectivity index (χ3n) is 4.03. The molecule has 0 bridgehead atoms. The maximum Gasteiger partial charge on any atom is 0.148 e. The zero-order chi connectivity index (χ0) is 12.4. The molecule has 0 atom stereocenters. The molecule has 0 spiro atoms. The number of hydrogen-bond acceptors (Lipinski definition) is 4. The van der Waals surface area contributed by atoms with Gasteiger partial charge in [0.2, 0.25) is 0 Å². The summed E-state index contributed by atoms with van der Waals surface area (Å²) in [5.41, 5.74) is 2.71. The lowest BCUT2D eigenvalue weighted by Gasteiger charge is -2.23. The number of aromatic nitrogens is 2. The number of nitrogens with zero attached hydrogens (tertiary/aromatic N) is 3. The minimum Gasteiger partial charge on any atom is -0.312 e. The Labute approximate surface area is 107 Å². The monoisotopic (exact) mass is 242 g/mol. The molecule has 1 aliphatic carbocycles. The molecule has 18 heavy (non-hydrogen) atoms. The first-order valence-electron chi connectivity index (χ1n) is 6.89. The van der Waals surface area contributed by atoms with Crippen molar-refractivity contribution in [3.05, 3.63) is 22.8 Å². The van der Waals surface area contributed by atoms with E-state index in [1.807, 2.05) is 0 Å². The van der Waals surface area contributed by atoms with Crippen LogP contribution < -0.4 is 5.32 Å². The van der Waals surface area contributed by atoms with Crippen LogP contribution in [0, 0.1) is 11.3 Å². The van der Waals surface area contributed by atoms with Crippen LogP contribution in [-0.4, -0.2) is 16.5 Å². The quantitative estimate of drug-likeness (QED) is 0.818. The average molecular weight is 242 g/mol. The van der Waals surface area contributed by atoms with Crippen LogP contribution in [0.2, 0.25) is 0 Å². The molecule has 0 aromatic carbocycles. The van der Waals surface area contributed by atoms with Gasteiger partial charge in [-0.3, -0.25) is 0 Å². The largest absolute Gasteiger partial charge is 0.312 e. The normalized spacial score (nSPS) is 20.2. The van der Waals surface area contributed by atoms with Crippen LogP contribution in [0.25, 0.3) is 0 Å². The second-order valence-electron chi connectivity index (χ2n) is 5.23. The van der Waals surface area contributed by atoms with Crippen molar-refractivity contribution < 1.29 is 0 Å². The minimum atomic E-state index is 0.478. The molecule has 4 nitrogen and oxygen atoms in total. The summed E-state index contributed by atoms with van der Waals surface area (Å²) < 4.78 is 0. The molecule has 0 radical (unpaired) electrons. The molecule has 0 unspecified atom stereocenters. The van der Waals surface area contributed by atoms with Crippen molar-refractivity contribution in [3.8, 4) is 6.07 Å². The van der Waals surface area contributed by atoms with Crippen LogP contribution in [-0.2, 0) is 13.0 Å². The Morgan fingerprint density at radius 2 is 2.00 bits per heavy atom. The minimum absolute atomic E-state index is 0.478. The lowest BCUT2D eigenvalue weighted by Crippen LogP contribution is -2.27. The molecular weight excluding hydrogens is 224 g/mol. The smallest absolute Gasteiger partial charge is 0.148 e. The van der Waals surface area contributed by atoms with E-state index < -0.39 is 0 Å². The van der Waals surface area contributed by atoms with Crippen LogP contribution in [0.15, 0.2) is 0 Å². The van der Waals surface area contributed by atoms with Gasteiger partial charge < -0.3 is 5.32 Å². The van der Waals surface area contributed by atoms with E-state index in [1.54, 1.807) is 0 Å². The van der Waals surface area contributed by atoms with Crippen LogP contribution in [0.5, 0.6) is 0 Å². The van der Waals surface area contributed by atoms with E-state index in [0.717, 1.165) is 36.6 Å². The summed E-state index contributed by atoms with van der Waals surface area (Å²) in [6, 6.07) is 2.24. The summed E-state index contributed by atoms with van der Waals surface area (Å²) in [7, 11) is 0. The second-order valence-corrected chi connectivity index (χ2v) is 5.23. The molecule has 3 rings (SSSR count). The Kier molecular flexibility index (Phi) is 3.24. The Hall–Kier alpha value is -1.47. The van der Waals surface area contributed by atoms with Gasteiger partial charge in [0.1, 0.15) is 17.6 Å². The summed E-state index contributed by atoms with van der Waals surface area (Å²) in [5.74, 6) is 1.40. The number of rotatable bonds is 1. The number of nitrogens with one attached hydrogen (secondary N) is 1. The van der Waals surface area contributed by atoms with E-state index in [4.69, 9.17) is 4.98 Å². The van der Waals surface area contributed by atoms with E-state index in [0.29, 0.717) is 11.6 Å². The van der Waals surface area contributed by atoms with Crippen molar-refractivity contribution in [3.63, 3.8) is 0 Å². The van der Waals surface area contributed by atoms with Gasteiger partial charge in [-0.05, 0) is 12.8 Å². The molecule has 1 saturated carbocycles. The summed E-state index contributed by atoms with van der Waals surface area (Å²) in [6.07, 6.45) is 7.16. The van der Waals surface area contributed by atoms with Crippen molar-refractivity contribution in [1.82, 2.24) is 15.3 Å². The molecule has 1 N–H and O–H groups in total. The van der Waals surface area contributed by atoms with Crippen LogP contribution in [0.3, 0.4) is 0 Å². The van der Waals surface area contributed by atoms with Gasteiger partial charge in [0.25, 0.3) is 0 Å². The van der Waals surface area contributed by atoms with Gasteiger partial charge in [-0.15, -0.1) is 0 Å². The Morgan fingerprint density at radius 3 is 2.78 bits per heavy atom. The molecular formula is C14H18N4. The maximum atomic E-state index is 9.25. The molecule has 2 aliphatic rings. The zero-order valence-electron chi connectivity index (χ0n) is 10.6. The molecule has 0 saturated heterocycles. The van der Waals surface area contributed by atoms with E-state index in [-0.39, 0.29) is 0 Å². The van der Waals surface area contributed by atoms with Gasteiger partial charge in [0.15, 0.2) is 0 Å². The fraction of sp³-hybridized carbons (Fsp3) is 0.643. The first-order valence-corrected chi connectivity index (χ1v) is 6.89. The van der Waals surface area contributed by atoms with Gasteiger partial charge in [-0.1, -0.05) is 19.3 Å². The van der Waals surface area contributed by atoms with Gasteiger partial charge in [-0.2, -0.15) is 5.26 Å². The van der Waals surface area contributed by atoms with Crippen molar-refractivity contribution in [2.75, 3.05) is 6.54 Å². The Bertz CT molecular complexity index is 483. The first-order chi connectivity index (χ1) is 8.88. The highest BCUT2D eigenvalue weighted by Crippen LogP contribution is 2.31. The topological polar surface area (TPSA) is 61.6 Å². The number of nitriles is 1. The summed E-state index contributed by atoms with van der Waals surface area (Å²) >= 11 is 0. The molecule has 1 aromatic rings. The van der Waals surface area contributed by atoms with Gasteiger partial charge >= 0.3 is 0 Å². The first kappa shape index (κ1) is 11.6. The summed E-state index contributed by atoms with van der Waals surface area (Å²) in [6.45, 7) is 1.70. The molecule has 2 heterocycles. The van der Waals surface area contributed by atoms with Crippen LogP contribution in [0.1, 0.15) is 60.8 Å². The van der Waals surface area contributed by atoms with Crippen molar-refractivity contribution in [2.24, 2.45) is 0 Å². The SMILES string of the molecule is N#Cc1nc(C2CCCCC2)nc2c1CNCC2. The van der Waals surface area contributed by atoms with E-state index in [2.05, 4.69) is 16.4 Å².